The standard InChI is InChI=1S/C23H28N2O3/c1-2-6-18-7-3-4-9-22(18)28-16-20(26)15-24-12-17-11-19(14-24)21-8-5-10-23(27)25(21)13-17/h2-5,7-10,17,19-20,26H,1,6,11-16H2/t17-,19?,20?/m1/s1. The summed E-state index contributed by atoms with van der Waals surface area (Å²) in [5.41, 5.74) is 2.32. The molecule has 0 amide bonds. The van der Waals surface area contributed by atoms with Gasteiger partial charge in [-0.25, -0.2) is 0 Å². The second-order valence-electron chi connectivity index (χ2n) is 7.98. The van der Waals surface area contributed by atoms with Gasteiger partial charge in [0, 0.05) is 43.9 Å². The molecule has 5 heteroatoms. The van der Waals surface area contributed by atoms with Crippen LogP contribution in [0.5, 0.6) is 5.75 Å². The van der Waals surface area contributed by atoms with Gasteiger partial charge >= 0.3 is 0 Å². The molecule has 28 heavy (non-hydrogen) atoms. The van der Waals surface area contributed by atoms with Crippen LogP contribution in [0.15, 0.2) is 59.9 Å². The number of fused-ring (bicyclic) bond motifs is 4. The number of aliphatic hydroxyl groups is 1. The largest absolute Gasteiger partial charge is 0.491 e. The van der Waals surface area contributed by atoms with Crippen LogP contribution in [0.4, 0.5) is 0 Å². The molecule has 3 atom stereocenters. The molecule has 1 aromatic carbocycles. The number of nitrogens with zero attached hydrogens (tertiary/aromatic N) is 2. The Morgan fingerprint density at radius 1 is 1.18 bits per heavy atom. The average Bonchev–Trinajstić information content (AvgIpc) is 2.68. The fraction of sp³-hybridized carbons (Fsp3) is 0.435. The van der Waals surface area contributed by atoms with Crippen molar-refractivity contribution < 1.29 is 9.84 Å². The molecule has 2 aromatic rings. The van der Waals surface area contributed by atoms with Gasteiger partial charge in [0.25, 0.3) is 5.56 Å². The van der Waals surface area contributed by atoms with Crippen LogP contribution in [0.25, 0.3) is 0 Å². The van der Waals surface area contributed by atoms with Gasteiger partial charge in [0.2, 0.25) is 0 Å². The summed E-state index contributed by atoms with van der Waals surface area (Å²) in [6, 6.07) is 13.5. The molecular formula is C23H28N2O3. The molecule has 2 unspecified atom stereocenters. The number of ether oxygens (including phenoxy) is 1. The van der Waals surface area contributed by atoms with Crippen LogP contribution in [-0.2, 0) is 13.0 Å². The zero-order valence-electron chi connectivity index (χ0n) is 16.2. The third kappa shape index (κ3) is 4.05. The molecule has 0 saturated carbocycles. The van der Waals surface area contributed by atoms with Gasteiger partial charge < -0.3 is 14.4 Å². The van der Waals surface area contributed by atoms with E-state index < -0.39 is 6.10 Å². The zero-order valence-corrected chi connectivity index (χ0v) is 16.2. The van der Waals surface area contributed by atoms with E-state index in [2.05, 4.69) is 17.5 Å². The van der Waals surface area contributed by atoms with E-state index in [0.717, 1.165) is 49.5 Å². The van der Waals surface area contributed by atoms with Gasteiger partial charge in [0.05, 0.1) is 0 Å². The van der Waals surface area contributed by atoms with Crippen molar-refractivity contribution in [2.24, 2.45) is 5.92 Å². The Labute approximate surface area is 165 Å². The molecule has 0 radical (unpaired) electrons. The normalized spacial score (nSPS) is 22.3. The number of para-hydroxylation sites is 1. The van der Waals surface area contributed by atoms with Crippen molar-refractivity contribution in [1.82, 2.24) is 9.47 Å². The van der Waals surface area contributed by atoms with Crippen LogP contribution in [0.2, 0.25) is 0 Å². The molecule has 5 nitrogen and oxygen atoms in total. The summed E-state index contributed by atoms with van der Waals surface area (Å²) in [4.78, 5) is 14.5. The van der Waals surface area contributed by atoms with Gasteiger partial charge in [0.15, 0.2) is 0 Å². The van der Waals surface area contributed by atoms with E-state index in [-0.39, 0.29) is 12.2 Å². The third-order valence-electron chi connectivity index (χ3n) is 5.79. The third-order valence-corrected chi connectivity index (χ3v) is 5.79. The van der Waals surface area contributed by atoms with Crippen LogP contribution in [0.1, 0.15) is 23.6 Å². The van der Waals surface area contributed by atoms with Crippen LogP contribution < -0.4 is 10.3 Å². The Kier molecular flexibility index (Phi) is 5.64. The number of hydrogen-bond donors (Lipinski definition) is 1. The molecule has 2 aliphatic rings. The molecule has 3 heterocycles. The summed E-state index contributed by atoms with van der Waals surface area (Å²) in [5, 5.41) is 10.5. The Bertz CT molecular complexity index is 891. The molecule has 1 aromatic heterocycles. The first-order valence-electron chi connectivity index (χ1n) is 10.1. The summed E-state index contributed by atoms with van der Waals surface area (Å²) in [5.74, 6) is 1.64. The summed E-state index contributed by atoms with van der Waals surface area (Å²) >= 11 is 0. The van der Waals surface area contributed by atoms with E-state index in [9.17, 15) is 9.90 Å². The van der Waals surface area contributed by atoms with E-state index in [0.29, 0.717) is 18.4 Å². The highest BCUT2D eigenvalue weighted by Gasteiger charge is 2.34. The number of hydrogen-bond acceptors (Lipinski definition) is 4. The van der Waals surface area contributed by atoms with E-state index in [4.69, 9.17) is 4.74 Å². The first-order chi connectivity index (χ1) is 13.6. The number of aliphatic hydroxyl groups excluding tert-OH is 1. The Morgan fingerprint density at radius 2 is 2.04 bits per heavy atom. The van der Waals surface area contributed by atoms with Crippen molar-refractivity contribution in [3.63, 3.8) is 0 Å². The lowest BCUT2D eigenvalue weighted by atomic mass is 9.83. The number of benzene rings is 1. The highest BCUT2D eigenvalue weighted by Crippen LogP contribution is 2.34. The molecule has 1 saturated heterocycles. The van der Waals surface area contributed by atoms with E-state index >= 15 is 0 Å². The number of piperidine rings is 1. The zero-order chi connectivity index (χ0) is 19.5. The first-order valence-corrected chi connectivity index (χ1v) is 10.1. The van der Waals surface area contributed by atoms with Gasteiger partial charge in [-0.15, -0.1) is 6.58 Å². The monoisotopic (exact) mass is 380 g/mol. The van der Waals surface area contributed by atoms with Crippen molar-refractivity contribution in [3.8, 4) is 5.75 Å². The fourth-order valence-electron chi connectivity index (χ4n) is 4.65. The molecule has 1 fully saturated rings. The number of rotatable bonds is 7. The van der Waals surface area contributed by atoms with Gasteiger partial charge in [-0.1, -0.05) is 30.3 Å². The highest BCUT2D eigenvalue weighted by atomic mass is 16.5. The minimum absolute atomic E-state index is 0.104. The predicted octanol–water partition coefficient (Wildman–Crippen LogP) is 2.44. The second-order valence-corrected chi connectivity index (χ2v) is 7.98. The molecule has 0 aliphatic carbocycles. The molecule has 0 spiro atoms. The molecular weight excluding hydrogens is 352 g/mol. The quantitative estimate of drug-likeness (QED) is 0.750. The smallest absolute Gasteiger partial charge is 0.250 e. The first kappa shape index (κ1) is 19.0. The van der Waals surface area contributed by atoms with Crippen molar-refractivity contribution in [1.29, 1.82) is 0 Å². The lowest BCUT2D eigenvalue weighted by Crippen LogP contribution is -2.49. The summed E-state index contributed by atoms with van der Waals surface area (Å²) in [7, 11) is 0. The average molecular weight is 380 g/mol. The van der Waals surface area contributed by atoms with Crippen molar-refractivity contribution in [3.05, 3.63) is 76.7 Å². The van der Waals surface area contributed by atoms with Crippen LogP contribution >= 0.6 is 0 Å². The molecule has 148 valence electrons. The fourth-order valence-corrected chi connectivity index (χ4v) is 4.65. The van der Waals surface area contributed by atoms with Crippen LogP contribution in [0.3, 0.4) is 0 Å². The number of pyridine rings is 1. The molecule has 1 N–H and O–H groups in total. The topological polar surface area (TPSA) is 54.7 Å². The van der Waals surface area contributed by atoms with E-state index in [1.807, 2.05) is 41.0 Å². The molecule has 2 bridgehead atoms. The Hall–Kier alpha value is -2.37. The number of likely N-dealkylation sites (tertiary alicyclic amines) is 1. The second kappa shape index (κ2) is 8.33. The van der Waals surface area contributed by atoms with Gasteiger partial charge in [0.1, 0.15) is 18.5 Å². The molecule has 2 aliphatic heterocycles. The van der Waals surface area contributed by atoms with Crippen molar-refractivity contribution >= 4 is 0 Å². The van der Waals surface area contributed by atoms with Crippen LogP contribution in [-0.4, -0.2) is 46.9 Å². The molecule has 4 rings (SSSR count). The van der Waals surface area contributed by atoms with E-state index in [1.165, 1.54) is 0 Å². The van der Waals surface area contributed by atoms with Crippen molar-refractivity contribution in [2.45, 2.75) is 31.4 Å². The maximum absolute atomic E-state index is 12.1. The minimum atomic E-state index is -0.548. The van der Waals surface area contributed by atoms with Gasteiger partial charge in [-0.05, 0) is 36.5 Å². The van der Waals surface area contributed by atoms with E-state index in [1.54, 1.807) is 6.07 Å². The summed E-state index contributed by atoms with van der Waals surface area (Å²) < 4.78 is 7.83. The highest BCUT2D eigenvalue weighted by molar-refractivity contribution is 5.34. The number of allylic oxidation sites excluding steroid dienone is 1. The SMILES string of the molecule is C=CCc1ccccc1OCC(O)CN1CC2C[C@H](C1)Cn1c2cccc1=O. The Morgan fingerprint density at radius 3 is 2.89 bits per heavy atom. The predicted molar refractivity (Wildman–Crippen MR) is 110 cm³/mol. The maximum atomic E-state index is 12.1. The van der Waals surface area contributed by atoms with Crippen LogP contribution in [0, 0.1) is 5.92 Å². The summed E-state index contributed by atoms with van der Waals surface area (Å²) in [6.07, 6.45) is 3.18. The van der Waals surface area contributed by atoms with Gasteiger partial charge in [-0.3, -0.25) is 9.69 Å². The van der Waals surface area contributed by atoms with Crippen molar-refractivity contribution in [2.75, 3.05) is 26.2 Å². The lowest BCUT2D eigenvalue weighted by Gasteiger charge is -2.43. The number of aromatic nitrogens is 1. The Balaban J connectivity index is 1.36. The maximum Gasteiger partial charge on any atom is 0.250 e. The summed E-state index contributed by atoms with van der Waals surface area (Å²) in [6.45, 7) is 7.23. The lowest BCUT2D eigenvalue weighted by molar-refractivity contribution is 0.0382. The number of β-amino-alcohol motifs (C(OH)–C–C–N with tert-alkyl or cyclic N) is 1. The minimum Gasteiger partial charge on any atom is -0.491 e. The van der Waals surface area contributed by atoms with Gasteiger partial charge in [-0.2, -0.15) is 0 Å².